The fraction of sp³-hybridized carbons (Fsp3) is 0.500. The van der Waals surface area contributed by atoms with E-state index in [2.05, 4.69) is 0 Å². The van der Waals surface area contributed by atoms with E-state index in [0.29, 0.717) is 25.2 Å². The van der Waals surface area contributed by atoms with E-state index in [1.165, 1.54) is 0 Å². The largest absolute Gasteiger partial charge is 0.342 e. The van der Waals surface area contributed by atoms with E-state index in [-0.39, 0.29) is 24.1 Å². The second-order valence-electron chi connectivity index (χ2n) is 7.89. The monoisotopic (exact) mass is 381 g/mol. The second-order valence-corrected chi connectivity index (χ2v) is 7.89. The lowest BCUT2D eigenvalue weighted by atomic mass is 9.92. The first-order valence-electron chi connectivity index (χ1n) is 10.3. The maximum atomic E-state index is 13.1. The molecule has 0 saturated carbocycles. The third kappa shape index (κ3) is 3.81. The van der Waals surface area contributed by atoms with E-state index in [0.717, 1.165) is 44.3 Å². The van der Waals surface area contributed by atoms with Gasteiger partial charge in [0.05, 0.1) is 6.54 Å². The van der Waals surface area contributed by atoms with Crippen molar-refractivity contribution < 1.29 is 14.4 Å². The third-order valence-corrected chi connectivity index (χ3v) is 5.90. The fourth-order valence-corrected chi connectivity index (χ4v) is 4.33. The summed E-state index contributed by atoms with van der Waals surface area (Å²) in [7, 11) is 0. The summed E-state index contributed by atoms with van der Waals surface area (Å²) in [5.41, 5.74) is 1.56. The van der Waals surface area contributed by atoms with Gasteiger partial charge >= 0.3 is 0 Å². The van der Waals surface area contributed by atoms with Crippen LogP contribution in [0.1, 0.15) is 37.7 Å². The highest BCUT2D eigenvalue weighted by Crippen LogP contribution is 2.28. The highest BCUT2D eigenvalue weighted by atomic mass is 16.2. The van der Waals surface area contributed by atoms with E-state index >= 15 is 0 Å². The molecule has 2 fully saturated rings. The van der Waals surface area contributed by atoms with Crippen LogP contribution in [0.2, 0.25) is 0 Å². The van der Waals surface area contributed by atoms with Gasteiger partial charge in [0.2, 0.25) is 11.8 Å². The Morgan fingerprint density at radius 1 is 0.893 bits per heavy atom. The second kappa shape index (κ2) is 8.17. The molecule has 28 heavy (non-hydrogen) atoms. The molecule has 1 unspecified atom stereocenters. The van der Waals surface area contributed by atoms with Crippen LogP contribution in [0.4, 0.5) is 0 Å². The van der Waals surface area contributed by atoms with E-state index in [1.54, 1.807) is 16.0 Å². The van der Waals surface area contributed by atoms with Crippen LogP contribution in [0.25, 0.3) is 0 Å². The Hall–Kier alpha value is -2.63. The summed E-state index contributed by atoms with van der Waals surface area (Å²) < 4.78 is 0. The van der Waals surface area contributed by atoms with Gasteiger partial charge in [-0.1, -0.05) is 30.3 Å². The molecule has 3 amide bonds. The molecular weight excluding hydrogens is 354 g/mol. The highest BCUT2D eigenvalue weighted by Gasteiger charge is 2.40. The molecule has 0 aromatic heterocycles. The van der Waals surface area contributed by atoms with Gasteiger partial charge in [0, 0.05) is 38.0 Å². The molecular formula is C22H27N3O3. The zero-order valence-electron chi connectivity index (χ0n) is 16.2. The Bertz CT molecular complexity index is 777. The molecule has 3 aliphatic rings. The predicted octanol–water partition coefficient (Wildman–Crippen LogP) is 2.16. The Balaban J connectivity index is 1.60. The van der Waals surface area contributed by atoms with Crippen molar-refractivity contribution in [1.29, 1.82) is 0 Å². The van der Waals surface area contributed by atoms with Crippen LogP contribution in [0.15, 0.2) is 42.1 Å². The molecule has 4 rings (SSSR count). The molecule has 0 spiro atoms. The summed E-state index contributed by atoms with van der Waals surface area (Å²) in [4.78, 5) is 44.3. The summed E-state index contributed by atoms with van der Waals surface area (Å²) in [6.07, 6.45) is 5.90. The zero-order valence-corrected chi connectivity index (χ0v) is 16.2. The Kier molecular flexibility index (Phi) is 5.46. The van der Waals surface area contributed by atoms with Crippen LogP contribution in [0.5, 0.6) is 0 Å². The number of amides is 3. The zero-order chi connectivity index (χ0) is 19.5. The molecule has 3 aliphatic heterocycles. The standard InChI is InChI=1S/C22H27N3O3/c26-20(23-10-4-5-11-23)18-14-19(21(27)24-12-6-7-13-24)22(28)25(16-18)15-17-8-2-1-3-9-17/h1-3,8-9,16,19H,4-7,10-15H2. The van der Waals surface area contributed by atoms with Crippen LogP contribution in [0.3, 0.4) is 0 Å². The predicted molar refractivity (Wildman–Crippen MR) is 105 cm³/mol. The fourth-order valence-electron chi connectivity index (χ4n) is 4.33. The molecule has 3 heterocycles. The smallest absolute Gasteiger partial charge is 0.251 e. The Morgan fingerprint density at radius 3 is 2.14 bits per heavy atom. The number of hydrogen-bond donors (Lipinski definition) is 0. The summed E-state index contributed by atoms with van der Waals surface area (Å²) in [6.45, 7) is 3.31. The number of nitrogens with zero attached hydrogens (tertiary/aromatic N) is 3. The van der Waals surface area contributed by atoms with E-state index in [4.69, 9.17) is 0 Å². The maximum Gasteiger partial charge on any atom is 0.251 e. The number of hydrogen-bond acceptors (Lipinski definition) is 3. The molecule has 6 heteroatoms. The number of likely N-dealkylation sites (tertiary alicyclic amines) is 2. The summed E-state index contributed by atoms with van der Waals surface area (Å²) in [6, 6.07) is 9.69. The molecule has 0 N–H and O–H groups in total. The lowest BCUT2D eigenvalue weighted by molar-refractivity contribution is -0.146. The third-order valence-electron chi connectivity index (χ3n) is 5.90. The average molecular weight is 381 g/mol. The number of benzene rings is 1. The lowest BCUT2D eigenvalue weighted by Gasteiger charge is -2.33. The molecule has 0 bridgehead atoms. The number of rotatable bonds is 4. The van der Waals surface area contributed by atoms with Crippen LogP contribution in [-0.2, 0) is 20.9 Å². The Morgan fingerprint density at radius 2 is 1.50 bits per heavy atom. The minimum atomic E-state index is -0.784. The summed E-state index contributed by atoms with van der Waals surface area (Å²) >= 11 is 0. The van der Waals surface area contributed by atoms with Gasteiger partial charge in [-0.05, 0) is 37.7 Å². The normalized spacial score (nSPS) is 22.6. The van der Waals surface area contributed by atoms with Crippen molar-refractivity contribution in [2.45, 2.75) is 38.6 Å². The molecule has 6 nitrogen and oxygen atoms in total. The van der Waals surface area contributed by atoms with Gasteiger partial charge in [-0.2, -0.15) is 0 Å². The van der Waals surface area contributed by atoms with E-state index in [9.17, 15) is 14.4 Å². The van der Waals surface area contributed by atoms with Gasteiger partial charge < -0.3 is 14.7 Å². The first-order chi connectivity index (χ1) is 13.6. The minimum Gasteiger partial charge on any atom is -0.342 e. The minimum absolute atomic E-state index is 0.0257. The molecule has 1 aromatic carbocycles. The molecule has 1 aromatic rings. The van der Waals surface area contributed by atoms with Crippen molar-refractivity contribution in [3.63, 3.8) is 0 Å². The molecule has 148 valence electrons. The average Bonchev–Trinajstić information content (AvgIpc) is 3.43. The van der Waals surface area contributed by atoms with E-state index in [1.807, 2.05) is 35.2 Å². The van der Waals surface area contributed by atoms with Gasteiger partial charge in [-0.15, -0.1) is 0 Å². The molecule has 2 saturated heterocycles. The van der Waals surface area contributed by atoms with Crippen molar-refractivity contribution in [2.24, 2.45) is 5.92 Å². The molecule has 1 atom stereocenters. The van der Waals surface area contributed by atoms with E-state index < -0.39 is 5.92 Å². The molecule has 0 aliphatic carbocycles. The summed E-state index contributed by atoms with van der Waals surface area (Å²) in [5, 5.41) is 0. The molecule has 0 radical (unpaired) electrons. The van der Waals surface area contributed by atoms with Crippen molar-refractivity contribution in [2.75, 3.05) is 26.2 Å². The van der Waals surface area contributed by atoms with Gasteiger partial charge in [0.1, 0.15) is 5.92 Å². The van der Waals surface area contributed by atoms with Crippen LogP contribution in [0, 0.1) is 5.92 Å². The van der Waals surface area contributed by atoms with Crippen LogP contribution in [-0.4, -0.2) is 58.6 Å². The van der Waals surface area contributed by atoms with Crippen LogP contribution < -0.4 is 0 Å². The van der Waals surface area contributed by atoms with Gasteiger partial charge in [0.25, 0.3) is 5.91 Å². The quantitative estimate of drug-likeness (QED) is 0.751. The topological polar surface area (TPSA) is 60.9 Å². The van der Waals surface area contributed by atoms with Gasteiger partial charge in [-0.25, -0.2) is 0 Å². The van der Waals surface area contributed by atoms with Crippen molar-refractivity contribution in [3.8, 4) is 0 Å². The Labute approximate surface area is 165 Å². The van der Waals surface area contributed by atoms with Gasteiger partial charge in [-0.3, -0.25) is 14.4 Å². The maximum absolute atomic E-state index is 13.1. The van der Waals surface area contributed by atoms with Gasteiger partial charge in [0.15, 0.2) is 0 Å². The highest BCUT2D eigenvalue weighted by molar-refractivity contribution is 6.05. The summed E-state index contributed by atoms with van der Waals surface area (Å²) in [5.74, 6) is -1.13. The van der Waals surface area contributed by atoms with Crippen molar-refractivity contribution >= 4 is 17.7 Å². The van der Waals surface area contributed by atoms with Crippen molar-refractivity contribution in [1.82, 2.24) is 14.7 Å². The number of carbonyl (C=O) groups is 3. The number of carbonyl (C=O) groups excluding carboxylic acids is 3. The lowest BCUT2D eigenvalue weighted by Crippen LogP contribution is -2.46. The first kappa shape index (κ1) is 18.7. The van der Waals surface area contributed by atoms with Crippen LogP contribution >= 0.6 is 0 Å². The van der Waals surface area contributed by atoms with Crippen molar-refractivity contribution in [3.05, 3.63) is 47.7 Å². The SMILES string of the molecule is O=C1C(C(=O)N2CCCC2)CC(C(=O)N2CCCC2)=CN1Cc1ccccc1. The first-order valence-corrected chi connectivity index (χ1v) is 10.3.